The summed E-state index contributed by atoms with van der Waals surface area (Å²) in [6.45, 7) is 3.80. The van der Waals surface area contributed by atoms with Crippen molar-refractivity contribution in [1.82, 2.24) is 31.9 Å². The lowest BCUT2D eigenvalue weighted by molar-refractivity contribution is -0.140. The van der Waals surface area contributed by atoms with Gasteiger partial charge in [0.2, 0.25) is 35.4 Å². The Kier molecular flexibility index (Phi) is 23.0. The molecule has 0 aliphatic heterocycles. The van der Waals surface area contributed by atoms with Crippen molar-refractivity contribution in [3.63, 3.8) is 0 Å². The predicted octanol–water partition coefficient (Wildman–Crippen LogP) is -3.26. The van der Waals surface area contributed by atoms with Crippen molar-refractivity contribution >= 4 is 59.1 Å². The van der Waals surface area contributed by atoms with E-state index >= 15 is 0 Å². The molecule has 13 N–H and O–H groups in total. The maximum Gasteiger partial charge on any atom is 0.322 e. The van der Waals surface area contributed by atoms with Crippen LogP contribution in [0.4, 0.5) is 0 Å². The molecule has 286 valence electrons. The molecule has 0 spiro atoms. The minimum atomic E-state index is -1.43. The standard InChI is InChI=1S/C30H54N8O11S/c1-16(2)13-18(32)26(45)38-22(15-39)30(49)37-21(10-12-50-4)28(47)34-17(3)25(44)35-19(7-5-6-11-31)29(48)36-20(8-9-23(40)41)27(46)33-14-24(42)43/h16-22,39H,5-15,31-32H2,1-4H3,(H,33,46)(H,34,47)(H,35,44)(H,36,48)(H,37,49)(H,38,45)(H,40,41)(H,42,43)/t17-,18-,19-,20-,21-,22-/m0/s1. The fourth-order valence-electron chi connectivity index (χ4n) is 4.40. The van der Waals surface area contributed by atoms with Crippen LogP contribution in [0.2, 0.25) is 0 Å². The number of thioether (sulfide) groups is 1. The number of nitrogens with one attached hydrogen (secondary N) is 6. The molecule has 0 unspecified atom stereocenters. The number of aliphatic carboxylic acids is 2. The number of amides is 6. The van der Waals surface area contributed by atoms with Gasteiger partial charge in [-0.2, -0.15) is 11.8 Å². The second-order valence-corrected chi connectivity index (χ2v) is 13.0. The average Bonchev–Trinajstić information content (AvgIpc) is 3.04. The van der Waals surface area contributed by atoms with Gasteiger partial charge >= 0.3 is 11.9 Å². The molecule has 0 heterocycles. The van der Waals surface area contributed by atoms with Gasteiger partial charge in [0, 0.05) is 6.42 Å². The molecule has 20 heteroatoms. The Hall–Kier alpha value is -4.01. The number of rotatable bonds is 26. The minimum Gasteiger partial charge on any atom is -0.481 e. The van der Waals surface area contributed by atoms with Gasteiger partial charge in [-0.3, -0.25) is 38.4 Å². The second kappa shape index (κ2) is 25.0. The lowest BCUT2D eigenvalue weighted by Gasteiger charge is -2.26. The van der Waals surface area contributed by atoms with Crippen molar-refractivity contribution in [2.24, 2.45) is 17.4 Å². The number of unbranched alkanes of at least 4 members (excludes halogenated alkanes) is 1. The van der Waals surface area contributed by atoms with E-state index in [-0.39, 0.29) is 31.7 Å². The second-order valence-electron chi connectivity index (χ2n) is 12.0. The first-order chi connectivity index (χ1) is 23.5. The quantitative estimate of drug-likeness (QED) is 0.0389. The van der Waals surface area contributed by atoms with Gasteiger partial charge in [0.05, 0.1) is 12.6 Å². The van der Waals surface area contributed by atoms with Crippen LogP contribution in [-0.4, -0.2) is 131 Å². The van der Waals surface area contributed by atoms with Crippen LogP contribution in [-0.2, 0) is 38.4 Å². The summed E-state index contributed by atoms with van der Waals surface area (Å²) in [5.74, 6) is -6.96. The molecular weight excluding hydrogens is 680 g/mol. The number of hydrogen-bond donors (Lipinski definition) is 11. The van der Waals surface area contributed by atoms with E-state index in [1.165, 1.54) is 18.7 Å². The van der Waals surface area contributed by atoms with E-state index in [1.54, 1.807) is 6.26 Å². The number of carbonyl (C=O) groups is 8. The van der Waals surface area contributed by atoms with Gasteiger partial charge in [0.15, 0.2) is 0 Å². The zero-order valence-corrected chi connectivity index (χ0v) is 29.8. The first kappa shape index (κ1) is 46.0. The van der Waals surface area contributed by atoms with Crippen LogP contribution in [0.5, 0.6) is 0 Å². The predicted molar refractivity (Wildman–Crippen MR) is 183 cm³/mol. The van der Waals surface area contributed by atoms with Crippen LogP contribution in [0.1, 0.15) is 65.7 Å². The third-order valence-electron chi connectivity index (χ3n) is 7.15. The summed E-state index contributed by atoms with van der Waals surface area (Å²) in [7, 11) is 0. The summed E-state index contributed by atoms with van der Waals surface area (Å²) in [6, 6.07) is -7.42. The molecule has 0 fully saturated rings. The lowest BCUT2D eigenvalue weighted by Crippen LogP contribution is -2.59. The average molecular weight is 735 g/mol. The van der Waals surface area contributed by atoms with Crippen LogP contribution >= 0.6 is 11.8 Å². The molecule has 0 aromatic heterocycles. The molecule has 0 aliphatic rings. The molecule has 0 bridgehead atoms. The molecule has 50 heavy (non-hydrogen) atoms. The van der Waals surface area contributed by atoms with Crippen molar-refractivity contribution in [1.29, 1.82) is 0 Å². The van der Waals surface area contributed by atoms with Crippen LogP contribution in [0.3, 0.4) is 0 Å². The van der Waals surface area contributed by atoms with E-state index in [0.29, 0.717) is 25.0 Å². The summed E-state index contributed by atoms with van der Waals surface area (Å²) in [4.78, 5) is 99.5. The Labute approximate surface area is 295 Å². The Morgan fingerprint density at radius 1 is 0.660 bits per heavy atom. The van der Waals surface area contributed by atoms with Crippen molar-refractivity contribution in [3.05, 3.63) is 0 Å². The molecule has 6 atom stereocenters. The van der Waals surface area contributed by atoms with Gasteiger partial charge in [-0.05, 0) is 69.9 Å². The summed E-state index contributed by atoms with van der Waals surface area (Å²) in [5.41, 5.74) is 11.4. The van der Waals surface area contributed by atoms with E-state index in [4.69, 9.17) is 21.7 Å². The smallest absolute Gasteiger partial charge is 0.322 e. The molecule has 19 nitrogen and oxygen atoms in total. The monoisotopic (exact) mass is 734 g/mol. The van der Waals surface area contributed by atoms with Gasteiger partial charge < -0.3 is 58.7 Å². The van der Waals surface area contributed by atoms with E-state index < -0.39 is 103 Å². The van der Waals surface area contributed by atoms with E-state index in [1.807, 2.05) is 13.8 Å². The Morgan fingerprint density at radius 2 is 1.18 bits per heavy atom. The minimum absolute atomic E-state index is 0.0549. The first-order valence-corrected chi connectivity index (χ1v) is 17.6. The molecular formula is C30H54N8O11S. The summed E-state index contributed by atoms with van der Waals surface area (Å²) >= 11 is 1.38. The number of carbonyl (C=O) groups excluding carboxylic acids is 6. The van der Waals surface area contributed by atoms with Crippen molar-refractivity contribution in [3.8, 4) is 0 Å². The fraction of sp³-hybridized carbons (Fsp3) is 0.733. The highest BCUT2D eigenvalue weighted by molar-refractivity contribution is 7.98. The molecule has 0 saturated carbocycles. The van der Waals surface area contributed by atoms with Crippen molar-refractivity contribution in [2.75, 3.05) is 31.7 Å². The number of carboxylic acid groups (broad SMARTS) is 2. The highest BCUT2D eigenvalue weighted by Crippen LogP contribution is 2.07. The zero-order chi connectivity index (χ0) is 38.4. The third-order valence-corrected chi connectivity index (χ3v) is 7.79. The molecule has 6 amide bonds. The normalized spacial score (nSPS) is 14.6. The van der Waals surface area contributed by atoms with Crippen LogP contribution < -0.4 is 43.4 Å². The molecule has 0 rings (SSSR count). The van der Waals surface area contributed by atoms with Crippen LogP contribution in [0, 0.1) is 5.92 Å². The Morgan fingerprint density at radius 3 is 1.70 bits per heavy atom. The van der Waals surface area contributed by atoms with Crippen molar-refractivity contribution < 1.29 is 53.7 Å². The number of aliphatic hydroxyl groups is 1. The van der Waals surface area contributed by atoms with E-state index in [0.717, 1.165) is 0 Å². The van der Waals surface area contributed by atoms with Crippen molar-refractivity contribution in [2.45, 2.75) is 102 Å². The Bertz CT molecular complexity index is 1160. The highest BCUT2D eigenvalue weighted by Gasteiger charge is 2.31. The largest absolute Gasteiger partial charge is 0.481 e. The summed E-state index contributed by atoms with van der Waals surface area (Å²) in [6.07, 6.45) is 2.25. The van der Waals surface area contributed by atoms with Gasteiger partial charge in [-0.15, -0.1) is 0 Å². The number of hydrogen-bond acceptors (Lipinski definition) is 12. The van der Waals surface area contributed by atoms with Crippen LogP contribution in [0.15, 0.2) is 0 Å². The van der Waals surface area contributed by atoms with Crippen LogP contribution in [0.25, 0.3) is 0 Å². The first-order valence-electron chi connectivity index (χ1n) is 16.3. The van der Waals surface area contributed by atoms with E-state index in [9.17, 15) is 43.5 Å². The third kappa shape index (κ3) is 19.2. The molecule has 0 aliphatic carbocycles. The lowest BCUT2D eigenvalue weighted by atomic mass is 10.0. The number of nitrogens with two attached hydrogens (primary N) is 2. The van der Waals surface area contributed by atoms with Gasteiger partial charge in [0.1, 0.15) is 36.8 Å². The number of carboxylic acids is 2. The summed E-state index contributed by atoms with van der Waals surface area (Å²) < 4.78 is 0. The zero-order valence-electron chi connectivity index (χ0n) is 29.0. The molecule has 0 radical (unpaired) electrons. The summed E-state index contributed by atoms with van der Waals surface area (Å²) in [5, 5.41) is 42.0. The van der Waals surface area contributed by atoms with E-state index in [2.05, 4.69) is 31.9 Å². The van der Waals surface area contributed by atoms with Gasteiger partial charge in [-0.25, -0.2) is 0 Å². The molecule has 0 aromatic rings. The maximum atomic E-state index is 13.2. The molecule has 0 saturated heterocycles. The number of aliphatic hydroxyl groups excluding tert-OH is 1. The highest BCUT2D eigenvalue weighted by atomic mass is 32.2. The molecule has 0 aromatic carbocycles. The maximum absolute atomic E-state index is 13.2. The fourth-order valence-corrected chi connectivity index (χ4v) is 4.87. The SMILES string of the molecule is CSCC[C@H](NC(=O)[C@H](CO)NC(=O)[C@@H](N)CC(C)C)C(=O)N[C@@H](C)C(=O)N[C@@H](CCCCN)C(=O)N[C@@H](CCC(=O)O)C(=O)NCC(=O)O. The topological polar surface area (TPSA) is 321 Å². The van der Waals surface area contributed by atoms with Gasteiger partial charge in [0.25, 0.3) is 0 Å². The van der Waals surface area contributed by atoms with Gasteiger partial charge in [-0.1, -0.05) is 13.8 Å². The Balaban J connectivity index is 5.75.